The van der Waals surface area contributed by atoms with Gasteiger partial charge in [-0.1, -0.05) is 13.3 Å². The highest BCUT2D eigenvalue weighted by Gasteiger charge is 2.18. The summed E-state index contributed by atoms with van der Waals surface area (Å²) in [4.78, 5) is 7.05. The van der Waals surface area contributed by atoms with E-state index in [1.165, 1.54) is 38.8 Å². The Bertz CT molecular complexity index is 379. The molecule has 0 unspecified atom stereocenters. The zero-order valence-electron chi connectivity index (χ0n) is 12.7. The molecule has 1 N–H and O–H groups in total. The van der Waals surface area contributed by atoms with Crippen LogP contribution in [0.3, 0.4) is 0 Å². The Labute approximate surface area is 117 Å². The van der Waals surface area contributed by atoms with Crippen LogP contribution in [-0.4, -0.2) is 36.2 Å². The van der Waals surface area contributed by atoms with Crippen molar-refractivity contribution in [1.82, 2.24) is 14.9 Å². The van der Waals surface area contributed by atoms with Crippen LogP contribution in [0.15, 0.2) is 6.20 Å². The molecule has 1 fully saturated rings. The largest absolute Gasteiger partial charge is 0.345 e. The number of anilines is 1. The van der Waals surface area contributed by atoms with Crippen molar-refractivity contribution in [2.24, 2.45) is 5.92 Å². The summed E-state index contributed by atoms with van der Waals surface area (Å²) in [5.41, 5.74) is 1.13. The number of rotatable bonds is 6. The normalized spacial score (nSPS) is 16.8. The summed E-state index contributed by atoms with van der Waals surface area (Å²) in [6.45, 7) is 8.88. The van der Waals surface area contributed by atoms with Gasteiger partial charge in [-0.05, 0) is 45.2 Å². The Morgan fingerprint density at radius 2 is 2.16 bits per heavy atom. The van der Waals surface area contributed by atoms with Crippen LogP contribution in [0, 0.1) is 12.8 Å². The number of piperidine rings is 1. The number of imidazole rings is 1. The molecule has 0 radical (unpaired) electrons. The van der Waals surface area contributed by atoms with E-state index in [0.717, 1.165) is 30.6 Å². The molecule has 0 bridgehead atoms. The minimum absolute atomic E-state index is 0.808. The van der Waals surface area contributed by atoms with Gasteiger partial charge in [-0.3, -0.25) is 0 Å². The van der Waals surface area contributed by atoms with Gasteiger partial charge in [0.15, 0.2) is 0 Å². The van der Waals surface area contributed by atoms with Crippen molar-refractivity contribution in [1.29, 1.82) is 0 Å². The Morgan fingerprint density at radius 3 is 2.84 bits per heavy atom. The fourth-order valence-electron chi connectivity index (χ4n) is 2.86. The maximum atomic E-state index is 4.70. The van der Waals surface area contributed by atoms with Crippen LogP contribution in [0.1, 0.15) is 38.3 Å². The Hall–Kier alpha value is -1.03. The van der Waals surface area contributed by atoms with Crippen LogP contribution >= 0.6 is 0 Å². The van der Waals surface area contributed by atoms with Crippen LogP contribution in [0.2, 0.25) is 0 Å². The molecule has 1 saturated heterocycles. The molecule has 1 aromatic heterocycles. The highest BCUT2D eigenvalue weighted by Crippen LogP contribution is 2.19. The van der Waals surface area contributed by atoms with Crippen LogP contribution in [0.25, 0.3) is 0 Å². The first-order chi connectivity index (χ1) is 9.20. The zero-order chi connectivity index (χ0) is 13.7. The molecule has 108 valence electrons. The number of nitrogens with zero attached hydrogens (tertiary/aromatic N) is 3. The van der Waals surface area contributed by atoms with Crippen molar-refractivity contribution in [2.75, 3.05) is 31.6 Å². The molecule has 19 heavy (non-hydrogen) atoms. The van der Waals surface area contributed by atoms with Gasteiger partial charge in [0.1, 0.15) is 0 Å². The third-order valence-corrected chi connectivity index (χ3v) is 3.96. The zero-order valence-corrected chi connectivity index (χ0v) is 12.7. The van der Waals surface area contributed by atoms with Crippen LogP contribution < -0.4 is 10.2 Å². The minimum Gasteiger partial charge on any atom is -0.345 e. The number of aryl methyl sites for hydroxylation is 2. The molecule has 0 aromatic carbocycles. The summed E-state index contributed by atoms with van der Waals surface area (Å²) in [6, 6.07) is 0. The monoisotopic (exact) mass is 264 g/mol. The van der Waals surface area contributed by atoms with Crippen molar-refractivity contribution in [3.63, 3.8) is 0 Å². The van der Waals surface area contributed by atoms with Crippen molar-refractivity contribution < 1.29 is 0 Å². The highest BCUT2D eigenvalue weighted by atomic mass is 15.3. The van der Waals surface area contributed by atoms with E-state index in [4.69, 9.17) is 4.98 Å². The van der Waals surface area contributed by atoms with E-state index in [9.17, 15) is 0 Å². The van der Waals surface area contributed by atoms with E-state index in [1.807, 2.05) is 0 Å². The summed E-state index contributed by atoms with van der Waals surface area (Å²) in [6.07, 6.45) is 7.22. The average Bonchev–Trinajstić information content (AvgIpc) is 2.79. The highest BCUT2D eigenvalue weighted by molar-refractivity contribution is 5.32. The van der Waals surface area contributed by atoms with Gasteiger partial charge < -0.3 is 14.8 Å². The van der Waals surface area contributed by atoms with E-state index < -0.39 is 0 Å². The first kappa shape index (κ1) is 14.4. The van der Waals surface area contributed by atoms with Crippen LogP contribution in [-0.2, 0) is 6.54 Å². The first-order valence-electron chi connectivity index (χ1n) is 7.66. The van der Waals surface area contributed by atoms with Gasteiger partial charge >= 0.3 is 0 Å². The summed E-state index contributed by atoms with van der Waals surface area (Å²) in [7, 11) is 2.19. The summed E-state index contributed by atoms with van der Waals surface area (Å²) < 4.78 is 2.32. The van der Waals surface area contributed by atoms with E-state index in [1.54, 1.807) is 0 Å². The lowest BCUT2D eigenvalue weighted by atomic mass is 9.98. The van der Waals surface area contributed by atoms with Gasteiger partial charge in [0.2, 0.25) is 5.95 Å². The molecular formula is C15H28N4. The Balaban J connectivity index is 1.98. The van der Waals surface area contributed by atoms with Gasteiger partial charge in [0, 0.05) is 26.3 Å². The van der Waals surface area contributed by atoms with Crippen molar-refractivity contribution in [3.05, 3.63) is 11.9 Å². The molecule has 2 rings (SSSR count). The molecule has 0 spiro atoms. The van der Waals surface area contributed by atoms with Crippen LogP contribution in [0.5, 0.6) is 0 Å². The molecule has 1 aliphatic heterocycles. The predicted molar refractivity (Wildman–Crippen MR) is 80.7 cm³/mol. The van der Waals surface area contributed by atoms with E-state index >= 15 is 0 Å². The molecule has 4 nitrogen and oxygen atoms in total. The summed E-state index contributed by atoms with van der Waals surface area (Å²) in [5.74, 6) is 1.95. The number of nitrogens with one attached hydrogen (secondary N) is 1. The number of unbranched alkanes of at least 4 members (excludes halogenated alkanes) is 1. The van der Waals surface area contributed by atoms with Gasteiger partial charge in [0.25, 0.3) is 0 Å². The molecule has 1 aromatic rings. The van der Waals surface area contributed by atoms with E-state index in [-0.39, 0.29) is 0 Å². The lowest BCUT2D eigenvalue weighted by Crippen LogP contribution is -2.35. The standard InChI is InChI=1S/C15H28N4/c1-4-5-10-19-11-13(2)17-15(19)18(3)12-14-6-8-16-9-7-14/h11,14,16H,4-10,12H2,1-3H3. The second-order valence-electron chi connectivity index (χ2n) is 5.80. The maximum Gasteiger partial charge on any atom is 0.205 e. The average molecular weight is 264 g/mol. The minimum atomic E-state index is 0.808. The van der Waals surface area contributed by atoms with E-state index in [2.05, 4.69) is 41.9 Å². The van der Waals surface area contributed by atoms with Crippen LogP contribution in [0.4, 0.5) is 5.95 Å². The third kappa shape index (κ3) is 3.96. The van der Waals surface area contributed by atoms with Crippen molar-refractivity contribution in [2.45, 2.75) is 46.1 Å². The van der Waals surface area contributed by atoms with Gasteiger partial charge in [0.05, 0.1) is 5.69 Å². The second-order valence-corrected chi connectivity index (χ2v) is 5.80. The molecule has 0 amide bonds. The lowest BCUT2D eigenvalue weighted by molar-refractivity contribution is 0.375. The summed E-state index contributed by atoms with van der Waals surface area (Å²) in [5, 5.41) is 3.43. The first-order valence-corrected chi connectivity index (χ1v) is 7.66. The Kier molecular flexibility index (Phi) is 5.25. The number of hydrogen-bond donors (Lipinski definition) is 1. The molecule has 4 heteroatoms. The number of aromatic nitrogens is 2. The smallest absolute Gasteiger partial charge is 0.205 e. The third-order valence-electron chi connectivity index (χ3n) is 3.96. The predicted octanol–water partition coefficient (Wildman–Crippen LogP) is 2.43. The van der Waals surface area contributed by atoms with Gasteiger partial charge in [-0.25, -0.2) is 4.98 Å². The fraction of sp³-hybridized carbons (Fsp3) is 0.800. The maximum absolute atomic E-state index is 4.70. The molecule has 0 saturated carbocycles. The molecule has 1 aliphatic rings. The molecule has 0 aliphatic carbocycles. The lowest BCUT2D eigenvalue weighted by Gasteiger charge is -2.28. The van der Waals surface area contributed by atoms with E-state index in [0.29, 0.717) is 0 Å². The second kappa shape index (κ2) is 6.94. The quantitative estimate of drug-likeness (QED) is 0.856. The molecule has 2 heterocycles. The molecular weight excluding hydrogens is 236 g/mol. The van der Waals surface area contributed by atoms with Crippen molar-refractivity contribution in [3.8, 4) is 0 Å². The topological polar surface area (TPSA) is 33.1 Å². The van der Waals surface area contributed by atoms with Crippen molar-refractivity contribution >= 4 is 5.95 Å². The van der Waals surface area contributed by atoms with Gasteiger partial charge in [-0.2, -0.15) is 0 Å². The number of hydrogen-bond acceptors (Lipinski definition) is 3. The molecule has 0 atom stereocenters. The SMILES string of the molecule is CCCCn1cc(C)nc1N(C)CC1CCNCC1. The Morgan fingerprint density at radius 1 is 1.42 bits per heavy atom. The summed E-state index contributed by atoms with van der Waals surface area (Å²) >= 11 is 0. The van der Waals surface area contributed by atoms with Gasteiger partial charge in [-0.15, -0.1) is 0 Å². The fourth-order valence-corrected chi connectivity index (χ4v) is 2.86.